The van der Waals surface area contributed by atoms with Crippen LogP contribution in [0.3, 0.4) is 0 Å². The molecule has 5 heteroatoms. The summed E-state index contributed by atoms with van der Waals surface area (Å²) in [6.07, 6.45) is 8.84. The van der Waals surface area contributed by atoms with Gasteiger partial charge in [0.2, 0.25) is 5.91 Å². The van der Waals surface area contributed by atoms with Crippen LogP contribution in [-0.4, -0.2) is 22.4 Å². The molecule has 4 nitrogen and oxygen atoms in total. The Morgan fingerprint density at radius 2 is 1.93 bits per heavy atom. The van der Waals surface area contributed by atoms with Crippen molar-refractivity contribution in [2.45, 2.75) is 25.2 Å². The minimum atomic E-state index is -0.0523. The van der Waals surface area contributed by atoms with Crippen molar-refractivity contribution in [3.8, 4) is 0 Å². The molecule has 146 valence electrons. The number of carbonyl (C=O) groups is 1. The fraction of sp³-hybridized carbons (Fsp3) is 0.250. The lowest BCUT2D eigenvalue weighted by atomic mass is 9.82. The van der Waals surface area contributed by atoms with Crippen LogP contribution in [0.1, 0.15) is 29.3 Å². The Labute approximate surface area is 173 Å². The predicted octanol–water partition coefficient (Wildman–Crippen LogP) is 5.19. The second-order valence-corrected chi connectivity index (χ2v) is 8.64. The van der Waals surface area contributed by atoms with Gasteiger partial charge in [0.15, 0.2) is 0 Å². The number of aromatic nitrogens is 2. The number of rotatable bonds is 5. The lowest BCUT2D eigenvalue weighted by Gasteiger charge is -2.26. The van der Waals surface area contributed by atoms with Crippen molar-refractivity contribution in [1.82, 2.24) is 15.3 Å². The molecule has 2 N–H and O–H groups in total. The number of allylic oxidation sites excluding steroid dienone is 2. The molecule has 0 saturated heterocycles. The number of thiazole rings is 1. The maximum absolute atomic E-state index is 13.0. The van der Waals surface area contributed by atoms with Crippen LogP contribution >= 0.6 is 11.3 Å². The summed E-state index contributed by atoms with van der Waals surface area (Å²) in [6.45, 7) is 0.646. The molecular weight excluding hydrogens is 378 g/mol. The van der Waals surface area contributed by atoms with Gasteiger partial charge >= 0.3 is 0 Å². The van der Waals surface area contributed by atoms with Crippen molar-refractivity contribution < 1.29 is 4.79 Å². The van der Waals surface area contributed by atoms with Gasteiger partial charge in [-0.15, -0.1) is 11.3 Å². The summed E-state index contributed by atoms with van der Waals surface area (Å²) in [4.78, 5) is 21.1. The Morgan fingerprint density at radius 3 is 2.86 bits per heavy atom. The van der Waals surface area contributed by atoms with Crippen LogP contribution in [0.5, 0.6) is 0 Å². The highest BCUT2D eigenvalue weighted by atomic mass is 32.1. The molecule has 2 heterocycles. The Hall–Kier alpha value is -2.92. The van der Waals surface area contributed by atoms with E-state index in [1.807, 2.05) is 30.5 Å². The number of amides is 1. The minimum Gasteiger partial charge on any atom is -0.361 e. The Morgan fingerprint density at radius 1 is 1.10 bits per heavy atom. The number of para-hydroxylation sites is 2. The zero-order valence-corrected chi connectivity index (χ0v) is 16.9. The molecule has 0 radical (unpaired) electrons. The number of carbonyl (C=O) groups excluding carboxylic acids is 1. The smallest absolute Gasteiger partial charge is 0.224 e. The second kappa shape index (κ2) is 7.84. The summed E-state index contributed by atoms with van der Waals surface area (Å²) in [5.74, 6) is 0.243. The number of H-pyrrole nitrogens is 1. The molecule has 0 spiro atoms. The van der Waals surface area contributed by atoms with Crippen LogP contribution in [0.2, 0.25) is 0 Å². The number of nitrogens with one attached hydrogen (secondary N) is 2. The number of fused-ring (bicyclic) bond motifs is 2. The lowest BCUT2D eigenvalue weighted by molar-refractivity contribution is -0.125. The molecule has 1 aliphatic carbocycles. The van der Waals surface area contributed by atoms with Crippen LogP contribution in [0.4, 0.5) is 0 Å². The monoisotopic (exact) mass is 401 g/mol. The molecule has 0 bridgehead atoms. The maximum Gasteiger partial charge on any atom is 0.224 e. The van der Waals surface area contributed by atoms with E-state index in [4.69, 9.17) is 4.98 Å². The van der Waals surface area contributed by atoms with E-state index in [2.05, 4.69) is 46.7 Å². The van der Waals surface area contributed by atoms with E-state index in [-0.39, 0.29) is 17.7 Å². The fourth-order valence-electron chi connectivity index (χ4n) is 4.22. The summed E-state index contributed by atoms with van der Waals surface area (Å²) >= 11 is 1.72. The molecular formula is C24H23N3OS. The molecule has 2 aromatic carbocycles. The Kier molecular flexibility index (Phi) is 4.90. The van der Waals surface area contributed by atoms with Crippen LogP contribution in [-0.2, 0) is 11.2 Å². The van der Waals surface area contributed by atoms with Crippen molar-refractivity contribution >= 4 is 38.4 Å². The molecule has 2 aromatic heterocycles. The average Bonchev–Trinajstić information content (AvgIpc) is 3.38. The Balaban J connectivity index is 1.28. The van der Waals surface area contributed by atoms with Gasteiger partial charge in [-0.1, -0.05) is 42.5 Å². The average molecular weight is 402 g/mol. The molecule has 0 fully saturated rings. The summed E-state index contributed by atoms with van der Waals surface area (Å²) in [5, 5.41) is 5.49. The molecule has 2 atom stereocenters. The molecule has 5 rings (SSSR count). The van der Waals surface area contributed by atoms with Crippen molar-refractivity contribution in [3.63, 3.8) is 0 Å². The summed E-state index contributed by atoms with van der Waals surface area (Å²) < 4.78 is 1.19. The van der Waals surface area contributed by atoms with Gasteiger partial charge in [0, 0.05) is 29.6 Å². The number of hydrogen-bond acceptors (Lipinski definition) is 3. The van der Waals surface area contributed by atoms with Crippen LogP contribution in [0.15, 0.2) is 66.9 Å². The minimum absolute atomic E-state index is 0.0523. The first kappa shape index (κ1) is 18.1. The second-order valence-electron chi connectivity index (χ2n) is 7.58. The van der Waals surface area contributed by atoms with E-state index < -0.39 is 0 Å². The van der Waals surface area contributed by atoms with Gasteiger partial charge in [-0.3, -0.25) is 4.79 Å². The van der Waals surface area contributed by atoms with E-state index in [0.717, 1.165) is 35.3 Å². The predicted molar refractivity (Wildman–Crippen MR) is 119 cm³/mol. The van der Waals surface area contributed by atoms with Gasteiger partial charge in [-0.25, -0.2) is 4.98 Å². The quantitative estimate of drug-likeness (QED) is 0.452. The van der Waals surface area contributed by atoms with Crippen molar-refractivity contribution in [1.29, 1.82) is 0 Å². The highest BCUT2D eigenvalue weighted by Gasteiger charge is 2.32. The maximum atomic E-state index is 13.0. The molecule has 0 aliphatic heterocycles. The van der Waals surface area contributed by atoms with Crippen LogP contribution in [0, 0.1) is 5.92 Å². The highest BCUT2D eigenvalue weighted by Crippen LogP contribution is 2.38. The third kappa shape index (κ3) is 3.58. The number of nitrogens with zero attached hydrogens (tertiary/aromatic N) is 1. The van der Waals surface area contributed by atoms with Crippen molar-refractivity contribution in [3.05, 3.63) is 77.5 Å². The van der Waals surface area contributed by atoms with Crippen LogP contribution in [0.25, 0.3) is 21.1 Å². The van der Waals surface area contributed by atoms with Crippen molar-refractivity contribution in [2.75, 3.05) is 6.54 Å². The zero-order chi connectivity index (χ0) is 19.6. The fourth-order valence-corrected chi connectivity index (χ4v) is 5.36. The molecule has 29 heavy (non-hydrogen) atoms. The topological polar surface area (TPSA) is 57.8 Å². The van der Waals surface area contributed by atoms with E-state index in [1.165, 1.54) is 15.6 Å². The molecule has 1 amide bonds. The largest absolute Gasteiger partial charge is 0.361 e. The first-order chi connectivity index (χ1) is 14.3. The van der Waals surface area contributed by atoms with Crippen LogP contribution < -0.4 is 5.32 Å². The normalized spacial score (nSPS) is 19.0. The molecule has 4 aromatic rings. The first-order valence-corrected chi connectivity index (χ1v) is 10.9. The number of benzene rings is 2. The van der Waals surface area contributed by atoms with Gasteiger partial charge in [0.25, 0.3) is 0 Å². The number of aromatic amines is 1. The van der Waals surface area contributed by atoms with E-state index in [0.29, 0.717) is 6.54 Å². The standard InChI is InChI=1S/C24H23N3OS/c28-23(25-14-13-16-15-26-20-10-4-3-7-17(16)20)18-8-1-2-9-19(18)24-27-21-11-5-6-12-22(21)29-24/h1-7,10-12,15,18-19,26H,8-9,13-14H2,(H,25,28)/t18-,19-/m1/s1. The third-order valence-corrected chi connectivity index (χ3v) is 6.93. The first-order valence-electron chi connectivity index (χ1n) is 10.1. The molecule has 1 aliphatic rings. The zero-order valence-electron chi connectivity index (χ0n) is 16.1. The lowest BCUT2D eigenvalue weighted by Crippen LogP contribution is -2.36. The SMILES string of the molecule is O=C(NCCc1c[nH]c2ccccc12)[C@@H]1CC=CC[C@H]1c1nc2ccccc2s1. The van der Waals surface area contributed by atoms with E-state index in [1.54, 1.807) is 11.3 Å². The highest BCUT2D eigenvalue weighted by molar-refractivity contribution is 7.18. The van der Waals surface area contributed by atoms with E-state index >= 15 is 0 Å². The van der Waals surface area contributed by atoms with E-state index in [9.17, 15) is 4.79 Å². The molecule has 0 unspecified atom stereocenters. The summed E-state index contributed by atoms with van der Waals surface area (Å²) in [5.41, 5.74) is 3.41. The Bertz CT molecular complexity index is 1160. The van der Waals surface area contributed by atoms with Gasteiger partial charge in [-0.05, 0) is 43.0 Å². The third-order valence-electron chi connectivity index (χ3n) is 5.77. The molecule has 0 saturated carbocycles. The summed E-state index contributed by atoms with van der Waals surface area (Å²) in [6, 6.07) is 16.5. The van der Waals surface area contributed by atoms with Gasteiger partial charge in [0.1, 0.15) is 0 Å². The van der Waals surface area contributed by atoms with Gasteiger partial charge in [-0.2, -0.15) is 0 Å². The van der Waals surface area contributed by atoms with Gasteiger partial charge < -0.3 is 10.3 Å². The number of hydrogen-bond donors (Lipinski definition) is 2. The van der Waals surface area contributed by atoms with Gasteiger partial charge in [0.05, 0.1) is 21.1 Å². The summed E-state index contributed by atoms with van der Waals surface area (Å²) in [7, 11) is 0. The van der Waals surface area contributed by atoms with Crippen molar-refractivity contribution in [2.24, 2.45) is 5.92 Å².